The second-order valence-electron chi connectivity index (χ2n) is 6.88. The highest BCUT2D eigenvalue weighted by atomic mass is 16.2. The van der Waals surface area contributed by atoms with E-state index in [9.17, 15) is 4.79 Å². The van der Waals surface area contributed by atoms with Crippen LogP contribution in [0.1, 0.15) is 22.8 Å². The number of benzene rings is 3. The summed E-state index contributed by atoms with van der Waals surface area (Å²) in [6.45, 7) is 1.85. The van der Waals surface area contributed by atoms with Gasteiger partial charge in [-0.2, -0.15) is 5.10 Å². The van der Waals surface area contributed by atoms with Crippen LogP contribution >= 0.6 is 0 Å². The van der Waals surface area contributed by atoms with E-state index < -0.39 is 0 Å². The third-order valence-electron chi connectivity index (χ3n) is 4.68. The van der Waals surface area contributed by atoms with Crippen molar-refractivity contribution in [3.8, 4) is 11.3 Å². The number of allylic oxidation sites excluding steroid dienone is 1. The van der Waals surface area contributed by atoms with Gasteiger partial charge in [-0.25, -0.2) is 10.4 Å². The van der Waals surface area contributed by atoms with Gasteiger partial charge in [0.1, 0.15) is 0 Å². The van der Waals surface area contributed by atoms with E-state index in [2.05, 4.69) is 10.5 Å². The van der Waals surface area contributed by atoms with Crippen molar-refractivity contribution in [3.63, 3.8) is 0 Å². The molecule has 30 heavy (non-hydrogen) atoms. The maximum atomic E-state index is 13.0. The van der Waals surface area contributed by atoms with Gasteiger partial charge in [0.05, 0.1) is 22.5 Å². The fraction of sp³-hybridized carbons (Fsp3) is 0.0385. The number of fused-ring (bicyclic) bond motifs is 1. The van der Waals surface area contributed by atoms with E-state index >= 15 is 0 Å². The third-order valence-corrected chi connectivity index (χ3v) is 4.68. The monoisotopic (exact) mass is 391 g/mol. The number of aromatic nitrogens is 1. The first-order valence-corrected chi connectivity index (χ1v) is 9.74. The fourth-order valence-electron chi connectivity index (χ4n) is 3.14. The highest BCUT2D eigenvalue weighted by Crippen LogP contribution is 2.24. The average Bonchev–Trinajstić information content (AvgIpc) is 2.81. The summed E-state index contributed by atoms with van der Waals surface area (Å²) in [5, 5.41) is 5.03. The standard InChI is InChI=1S/C26H21N3O/c1-19(16-17-20-10-4-2-5-11-20)28-29-26(30)23-18-25(21-12-6-3-7-13-21)27-24-15-9-8-14-22(23)24/h2-18H,1H3,(H,29,30)/b17-16-,28-19?. The molecule has 4 nitrogen and oxygen atoms in total. The van der Waals surface area contributed by atoms with Crippen LogP contribution in [0.4, 0.5) is 0 Å². The van der Waals surface area contributed by atoms with E-state index in [1.54, 1.807) is 0 Å². The van der Waals surface area contributed by atoms with Gasteiger partial charge in [-0.3, -0.25) is 4.79 Å². The van der Waals surface area contributed by atoms with Gasteiger partial charge in [-0.15, -0.1) is 0 Å². The number of nitrogens with zero attached hydrogens (tertiary/aromatic N) is 2. The Balaban J connectivity index is 1.62. The van der Waals surface area contributed by atoms with E-state index in [0.29, 0.717) is 11.3 Å². The van der Waals surface area contributed by atoms with Crippen molar-refractivity contribution in [3.05, 3.63) is 108 Å². The smallest absolute Gasteiger partial charge is 0.267 e. The second kappa shape index (κ2) is 8.97. The molecule has 0 spiro atoms. The molecule has 1 amide bonds. The Hall–Kier alpha value is -4.05. The van der Waals surface area contributed by atoms with Gasteiger partial charge in [0.2, 0.25) is 0 Å². The number of hydrogen-bond donors (Lipinski definition) is 1. The van der Waals surface area contributed by atoms with Crippen molar-refractivity contribution < 1.29 is 4.79 Å². The zero-order valence-corrected chi connectivity index (χ0v) is 16.6. The molecule has 0 saturated heterocycles. The number of amides is 1. The van der Waals surface area contributed by atoms with Crippen molar-refractivity contribution in [2.45, 2.75) is 6.92 Å². The summed E-state index contributed by atoms with van der Waals surface area (Å²) in [6, 6.07) is 29.2. The number of rotatable bonds is 5. The highest BCUT2D eigenvalue weighted by Gasteiger charge is 2.13. The number of hydrogen-bond acceptors (Lipinski definition) is 3. The lowest BCUT2D eigenvalue weighted by atomic mass is 10.0. The molecule has 0 radical (unpaired) electrons. The summed E-state index contributed by atoms with van der Waals surface area (Å²) >= 11 is 0. The zero-order valence-electron chi connectivity index (χ0n) is 16.6. The maximum Gasteiger partial charge on any atom is 0.272 e. The molecule has 3 aromatic carbocycles. The molecule has 1 heterocycles. The molecule has 0 bridgehead atoms. The van der Waals surface area contributed by atoms with E-state index in [1.165, 1.54) is 0 Å². The summed E-state index contributed by atoms with van der Waals surface area (Å²) in [5.41, 5.74) is 7.48. The van der Waals surface area contributed by atoms with Crippen LogP contribution < -0.4 is 5.43 Å². The molecular weight excluding hydrogens is 370 g/mol. The highest BCUT2D eigenvalue weighted by molar-refractivity contribution is 6.07. The fourth-order valence-corrected chi connectivity index (χ4v) is 3.14. The van der Waals surface area contributed by atoms with Crippen LogP contribution in [0.25, 0.3) is 28.2 Å². The minimum atomic E-state index is -0.266. The Morgan fingerprint density at radius 1 is 0.900 bits per heavy atom. The van der Waals surface area contributed by atoms with Gasteiger partial charge in [-0.05, 0) is 30.7 Å². The molecule has 0 unspecified atom stereocenters. The molecular formula is C26H21N3O. The average molecular weight is 391 g/mol. The Bertz CT molecular complexity index is 1230. The molecule has 0 atom stereocenters. The van der Waals surface area contributed by atoms with Gasteiger partial charge in [-0.1, -0.05) is 84.9 Å². The summed E-state index contributed by atoms with van der Waals surface area (Å²) < 4.78 is 0. The third kappa shape index (κ3) is 4.50. The van der Waals surface area contributed by atoms with Crippen molar-refractivity contribution in [1.82, 2.24) is 10.4 Å². The molecule has 0 fully saturated rings. The Morgan fingerprint density at radius 3 is 2.33 bits per heavy atom. The number of hydrazone groups is 1. The summed E-state index contributed by atoms with van der Waals surface area (Å²) in [5.74, 6) is -0.266. The van der Waals surface area contributed by atoms with Crippen LogP contribution in [0.2, 0.25) is 0 Å². The molecule has 1 aromatic heterocycles. The van der Waals surface area contributed by atoms with Crippen LogP contribution in [0.3, 0.4) is 0 Å². The first-order chi connectivity index (χ1) is 14.7. The van der Waals surface area contributed by atoms with Crippen LogP contribution in [0.5, 0.6) is 0 Å². The Kier molecular flexibility index (Phi) is 5.76. The van der Waals surface area contributed by atoms with Gasteiger partial charge in [0.15, 0.2) is 0 Å². The predicted molar refractivity (Wildman–Crippen MR) is 123 cm³/mol. The van der Waals surface area contributed by atoms with Gasteiger partial charge in [0, 0.05) is 10.9 Å². The molecule has 4 heteroatoms. The number of nitrogens with one attached hydrogen (secondary N) is 1. The van der Waals surface area contributed by atoms with Gasteiger partial charge in [0.25, 0.3) is 5.91 Å². The van der Waals surface area contributed by atoms with E-state index in [0.717, 1.165) is 27.7 Å². The Labute approximate surface area is 175 Å². The molecule has 4 aromatic rings. The Morgan fingerprint density at radius 2 is 1.57 bits per heavy atom. The lowest BCUT2D eigenvalue weighted by Gasteiger charge is -2.09. The maximum absolute atomic E-state index is 13.0. The van der Waals surface area contributed by atoms with Crippen molar-refractivity contribution in [1.29, 1.82) is 0 Å². The summed E-state index contributed by atoms with van der Waals surface area (Å²) in [7, 11) is 0. The first-order valence-electron chi connectivity index (χ1n) is 9.74. The molecule has 0 aliphatic heterocycles. The molecule has 146 valence electrons. The second-order valence-corrected chi connectivity index (χ2v) is 6.88. The largest absolute Gasteiger partial charge is 0.272 e. The molecule has 0 aliphatic rings. The normalized spacial score (nSPS) is 11.7. The van der Waals surface area contributed by atoms with E-state index in [-0.39, 0.29) is 5.91 Å². The van der Waals surface area contributed by atoms with Crippen LogP contribution in [0, 0.1) is 0 Å². The summed E-state index contributed by atoms with van der Waals surface area (Å²) in [4.78, 5) is 17.7. The van der Waals surface area contributed by atoms with Crippen molar-refractivity contribution in [2.24, 2.45) is 5.10 Å². The molecule has 4 rings (SSSR count). The minimum Gasteiger partial charge on any atom is -0.267 e. The van der Waals surface area contributed by atoms with Gasteiger partial charge >= 0.3 is 0 Å². The molecule has 0 saturated carbocycles. The van der Waals surface area contributed by atoms with E-state index in [4.69, 9.17) is 4.98 Å². The number of carbonyl (C=O) groups excluding carboxylic acids is 1. The molecule has 0 aliphatic carbocycles. The SMILES string of the molecule is CC(/C=C\c1ccccc1)=NNC(=O)c1cc(-c2ccccc2)nc2ccccc12. The molecule has 1 N–H and O–H groups in total. The number of carbonyl (C=O) groups is 1. The number of pyridine rings is 1. The number of para-hydroxylation sites is 1. The topological polar surface area (TPSA) is 54.4 Å². The quantitative estimate of drug-likeness (QED) is 0.349. The minimum absolute atomic E-state index is 0.266. The van der Waals surface area contributed by atoms with E-state index in [1.807, 2.05) is 110 Å². The van der Waals surface area contributed by atoms with Crippen LogP contribution in [-0.4, -0.2) is 16.6 Å². The zero-order chi connectivity index (χ0) is 20.8. The van der Waals surface area contributed by atoms with Crippen LogP contribution in [-0.2, 0) is 0 Å². The predicted octanol–water partition coefficient (Wildman–Crippen LogP) is 5.72. The first kappa shape index (κ1) is 19.3. The lowest BCUT2D eigenvalue weighted by molar-refractivity contribution is 0.0956. The lowest BCUT2D eigenvalue weighted by Crippen LogP contribution is -2.19. The van der Waals surface area contributed by atoms with Crippen molar-refractivity contribution >= 4 is 28.6 Å². The van der Waals surface area contributed by atoms with Gasteiger partial charge < -0.3 is 0 Å². The summed E-state index contributed by atoms with van der Waals surface area (Å²) in [6.07, 6.45) is 3.83. The van der Waals surface area contributed by atoms with Crippen molar-refractivity contribution in [2.75, 3.05) is 0 Å². The van der Waals surface area contributed by atoms with Crippen LogP contribution in [0.15, 0.2) is 102 Å².